The largest absolute Gasteiger partial charge is 0.381 e. The third-order valence-electron chi connectivity index (χ3n) is 6.68. The molecule has 2 aliphatic heterocycles. The van der Waals surface area contributed by atoms with Crippen LogP contribution in [0.15, 0.2) is 12.1 Å². The zero-order valence-electron chi connectivity index (χ0n) is 18.9. The molecule has 0 radical (unpaired) electrons. The van der Waals surface area contributed by atoms with E-state index >= 15 is 0 Å². The fourth-order valence-electron chi connectivity index (χ4n) is 4.86. The summed E-state index contributed by atoms with van der Waals surface area (Å²) in [6.45, 7) is 1.04. The Balaban J connectivity index is 1.30. The van der Waals surface area contributed by atoms with Crippen LogP contribution in [-0.2, 0) is 19.3 Å². The Morgan fingerprint density at radius 1 is 1.03 bits per heavy atom. The molecule has 1 aromatic rings. The van der Waals surface area contributed by atoms with Crippen molar-refractivity contribution in [1.82, 2.24) is 10.2 Å². The first kappa shape index (κ1) is 23.7. The van der Waals surface area contributed by atoms with Crippen molar-refractivity contribution in [2.45, 2.75) is 57.4 Å². The Bertz CT molecular complexity index is 963. The van der Waals surface area contributed by atoms with Gasteiger partial charge < -0.3 is 15.5 Å². The van der Waals surface area contributed by atoms with E-state index in [0.717, 1.165) is 44.9 Å². The fraction of sp³-hybridized carbons (Fsp3) is 0.591. The number of Topliss-reactive ketones (excluding diaryl/α,β-unsaturated/α-hetero) is 1. The van der Waals surface area contributed by atoms with Gasteiger partial charge in [0.25, 0.3) is 11.6 Å². The van der Waals surface area contributed by atoms with E-state index in [1.807, 2.05) is 0 Å². The number of carbonyl (C=O) groups excluding carboxylic acids is 3. The van der Waals surface area contributed by atoms with E-state index in [1.54, 1.807) is 6.07 Å². The number of hydrogen-bond acceptors (Lipinski definition) is 9. The first-order valence-corrected chi connectivity index (χ1v) is 11.8. The number of likely N-dealkylation sites (tertiary alicyclic amines) is 1. The minimum atomic E-state index is -0.642. The van der Waals surface area contributed by atoms with Crippen molar-refractivity contribution in [3.8, 4) is 0 Å². The molecule has 184 valence electrons. The molecular weight excluding hydrogens is 444 g/mol. The minimum absolute atomic E-state index is 0.122. The summed E-state index contributed by atoms with van der Waals surface area (Å²) < 4.78 is 0. The maximum Gasteiger partial charge on any atom is 0.297 e. The van der Waals surface area contributed by atoms with E-state index in [9.17, 15) is 24.5 Å². The molecule has 1 saturated carbocycles. The fourth-order valence-corrected chi connectivity index (χ4v) is 4.86. The predicted molar refractivity (Wildman–Crippen MR) is 124 cm³/mol. The lowest BCUT2D eigenvalue weighted by molar-refractivity contribution is -0.384. The number of hydrogen-bond donors (Lipinski definition) is 4. The number of nitrogens with zero attached hydrogens (tertiary/aromatic N) is 2. The summed E-state index contributed by atoms with van der Waals surface area (Å²) >= 11 is 0. The van der Waals surface area contributed by atoms with Crippen molar-refractivity contribution in [2.75, 3.05) is 35.9 Å². The maximum atomic E-state index is 12.9. The zero-order valence-corrected chi connectivity index (χ0v) is 18.9. The second-order valence-electron chi connectivity index (χ2n) is 8.87. The quantitative estimate of drug-likeness (QED) is 0.192. The molecule has 2 amide bonds. The van der Waals surface area contributed by atoms with Gasteiger partial charge in [-0.2, -0.15) is 4.94 Å². The van der Waals surface area contributed by atoms with Gasteiger partial charge in [-0.3, -0.25) is 24.5 Å². The number of nitro groups is 1. The number of rotatable bonds is 8. The van der Waals surface area contributed by atoms with Gasteiger partial charge in [0.1, 0.15) is 11.7 Å². The smallest absolute Gasteiger partial charge is 0.297 e. The van der Waals surface area contributed by atoms with Crippen LogP contribution in [0.3, 0.4) is 0 Å². The Morgan fingerprint density at radius 2 is 1.76 bits per heavy atom. The molecule has 0 aromatic heterocycles. The third-order valence-corrected chi connectivity index (χ3v) is 6.68. The van der Waals surface area contributed by atoms with Gasteiger partial charge in [0, 0.05) is 31.6 Å². The molecule has 2 fully saturated rings. The van der Waals surface area contributed by atoms with Crippen LogP contribution >= 0.6 is 0 Å². The predicted octanol–water partition coefficient (Wildman–Crippen LogP) is 2.34. The number of anilines is 3. The Kier molecular flexibility index (Phi) is 7.46. The lowest BCUT2D eigenvalue weighted by Gasteiger charge is -2.35. The molecule has 2 heterocycles. The second-order valence-corrected chi connectivity index (χ2v) is 8.87. The first-order chi connectivity index (χ1) is 16.5. The monoisotopic (exact) mass is 474 g/mol. The van der Waals surface area contributed by atoms with Crippen molar-refractivity contribution < 1.29 is 24.2 Å². The number of piperidine rings is 1. The lowest BCUT2D eigenvalue weighted by atomic mass is 9.85. The van der Waals surface area contributed by atoms with Gasteiger partial charge in [0.15, 0.2) is 5.69 Å². The van der Waals surface area contributed by atoms with Crippen LogP contribution in [-0.4, -0.2) is 53.1 Å². The highest BCUT2D eigenvalue weighted by atomic mass is 16.8. The second kappa shape index (κ2) is 10.7. The molecule has 3 aliphatic rings. The highest BCUT2D eigenvalue weighted by molar-refractivity contribution is 6.37. The number of nitrogens with one attached hydrogen (secondary N) is 4. The summed E-state index contributed by atoms with van der Waals surface area (Å²) in [5.41, 5.74) is 6.13. The lowest BCUT2D eigenvalue weighted by Crippen LogP contribution is -2.55. The molecular formula is C22H30N6O6. The number of benzene rings is 1. The molecule has 12 heteroatoms. The molecule has 1 atom stereocenters. The average molecular weight is 475 g/mol. The molecule has 1 aliphatic carbocycles. The van der Waals surface area contributed by atoms with E-state index in [4.69, 9.17) is 4.94 Å². The molecule has 34 heavy (non-hydrogen) atoms. The third kappa shape index (κ3) is 5.06. The van der Waals surface area contributed by atoms with E-state index in [0.29, 0.717) is 30.9 Å². The SMILES string of the molecule is O=C(C(=O)N1CCCCC1C(=O)NCCNc1ccc([N+](=O)[O-])c2c1NON2)C1CCCCC1. The molecule has 12 nitrogen and oxygen atoms in total. The first-order valence-electron chi connectivity index (χ1n) is 11.8. The normalized spacial score (nSPS) is 20.0. The summed E-state index contributed by atoms with van der Waals surface area (Å²) in [7, 11) is 0. The van der Waals surface area contributed by atoms with Crippen molar-refractivity contribution >= 4 is 40.3 Å². The van der Waals surface area contributed by atoms with Gasteiger partial charge in [-0.25, -0.2) is 11.0 Å². The van der Waals surface area contributed by atoms with Crippen LogP contribution in [0.5, 0.6) is 0 Å². The minimum Gasteiger partial charge on any atom is -0.381 e. The highest BCUT2D eigenvalue weighted by Gasteiger charge is 2.37. The molecule has 0 bridgehead atoms. The van der Waals surface area contributed by atoms with Crippen LogP contribution in [0.4, 0.5) is 22.7 Å². The molecule has 1 saturated heterocycles. The van der Waals surface area contributed by atoms with Gasteiger partial charge >= 0.3 is 0 Å². The summed E-state index contributed by atoms with van der Waals surface area (Å²) in [4.78, 5) is 55.5. The molecule has 0 spiro atoms. The van der Waals surface area contributed by atoms with Crippen LogP contribution in [0.1, 0.15) is 51.4 Å². The number of fused-ring (bicyclic) bond motifs is 1. The topological polar surface area (TPSA) is 155 Å². The molecule has 1 aromatic carbocycles. The van der Waals surface area contributed by atoms with Gasteiger partial charge in [-0.05, 0) is 38.2 Å². The number of nitro benzene ring substituents is 1. The van der Waals surface area contributed by atoms with Crippen LogP contribution in [0, 0.1) is 16.0 Å². The average Bonchev–Trinajstić information content (AvgIpc) is 3.36. The molecule has 4 rings (SSSR count). The Labute approximate surface area is 196 Å². The Morgan fingerprint density at radius 3 is 2.53 bits per heavy atom. The summed E-state index contributed by atoms with van der Waals surface area (Å²) in [6.07, 6.45) is 6.68. The van der Waals surface area contributed by atoms with Crippen molar-refractivity contribution in [1.29, 1.82) is 0 Å². The molecule has 1 unspecified atom stereocenters. The van der Waals surface area contributed by atoms with E-state index < -0.39 is 16.9 Å². The summed E-state index contributed by atoms with van der Waals surface area (Å²) in [6, 6.07) is 2.27. The van der Waals surface area contributed by atoms with Crippen LogP contribution < -0.4 is 21.6 Å². The van der Waals surface area contributed by atoms with Gasteiger partial charge in [-0.1, -0.05) is 19.3 Å². The van der Waals surface area contributed by atoms with Crippen molar-refractivity contribution in [3.63, 3.8) is 0 Å². The standard InChI is InChI=1S/C22H30N6O6/c29-20(14-6-2-1-3-7-14)22(31)27-13-5-4-8-17(27)21(30)24-12-11-23-15-9-10-16(28(32)33)19-18(15)25-34-26-19/h9-10,14,17,23,25-26H,1-8,11-13H2,(H,24,30). The van der Waals surface area contributed by atoms with Crippen molar-refractivity contribution in [3.05, 3.63) is 22.2 Å². The summed E-state index contributed by atoms with van der Waals surface area (Å²) in [5, 5.41) is 17.1. The maximum absolute atomic E-state index is 12.9. The molecule has 4 N–H and O–H groups in total. The van der Waals surface area contributed by atoms with Gasteiger partial charge in [-0.15, -0.1) is 0 Å². The van der Waals surface area contributed by atoms with Gasteiger partial charge in [0.05, 0.1) is 10.6 Å². The number of ketones is 1. The number of carbonyl (C=O) groups is 3. The van der Waals surface area contributed by atoms with Gasteiger partial charge in [0.2, 0.25) is 11.7 Å². The van der Waals surface area contributed by atoms with Crippen LogP contribution in [0.25, 0.3) is 0 Å². The van der Waals surface area contributed by atoms with Crippen LogP contribution in [0.2, 0.25) is 0 Å². The zero-order chi connectivity index (χ0) is 24.1. The van der Waals surface area contributed by atoms with Crippen molar-refractivity contribution in [2.24, 2.45) is 5.92 Å². The van der Waals surface area contributed by atoms with E-state index in [-0.39, 0.29) is 35.5 Å². The number of amides is 2. The highest BCUT2D eigenvalue weighted by Crippen LogP contribution is 2.41. The Hall–Kier alpha value is -3.41. The van der Waals surface area contributed by atoms with E-state index in [2.05, 4.69) is 21.6 Å². The summed E-state index contributed by atoms with van der Waals surface area (Å²) in [5.74, 6) is -1.36. The van der Waals surface area contributed by atoms with E-state index in [1.165, 1.54) is 11.0 Å².